The second-order valence-corrected chi connectivity index (χ2v) is 7.13. The van der Waals surface area contributed by atoms with Crippen LogP contribution in [0.4, 0.5) is 5.69 Å². The summed E-state index contributed by atoms with van der Waals surface area (Å²) in [5.41, 5.74) is 1.86. The standard InChI is InChI=1S/C22H24N4O5/c1-14-12-26(22(31)23-14)18-9-5-8-16(10-18)24-20(29)21(30)25-17(13-27)11-19(28)15-6-3-2-4-7-15/h2-10,12,17,19,27-28H,11,13H2,1H3,(H,23,31)(H,24,29)(H,25,30). The Morgan fingerprint density at radius 2 is 1.84 bits per heavy atom. The first-order valence-corrected chi connectivity index (χ1v) is 9.72. The number of carbonyl (C=O) groups is 2. The van der Waals surface area contributed by atoms with E-state index in [1.807, 2.05) is 6.07 Å². The highest BCUT2D eigenvalue weighted by molar-refractivity contribution is 6.39. The maximum absolute atomic E-state index is 12.3. The minimum absolute atomic E-state index is 0.0464. The fourth-order valence-corrected chi connectivity index (χ4v) is 3.14. The van der Waals surface area contributed by atoms with Gasteiger partial charge >= 0.3 is 17.5 Å². The van der Waals surface area contributed by atoms with E-state index >= 15 is 0 Å². The maximum Gasteiger partial charge on any atom is 0.330 e. The number of nitrogens with one attached hydrogen (secondary N) is 3. The van der Waals surface area contributed by atoms with E-state index in [2.05, 4.69) is 15.6 Å². The predicted molar refractivity (Wildman–Crippen MR) is 115 cm³/mol. The van der Waals surface area contributed by atoms with E-state index in [-0.39, 0.29) is 12.1 Å². The highest BCUT2D eigenvalue weighted by atomic mass is 16.3. The molecule has 0 bridgehead atoms. The Bertz CT molecular complexity index is 1110. The van der Waals surface area contributed by atoms with Gasteiger partial charge in [-0.3, -0.25) is 14.2 Å². The van der Waals surface area contributed by atoms with Crippen molar-refractivity contribution >= 4 is 17.5 Å². The van der Waals surface area contributed by atoms with Gasteiger partial charge in [0.1, 0.15) is 0 Å². The zero-order valence-electron chi connectivity index (χ0n) is 16.9. The van der Waals surface area contributed by atoms with Crippen LogP contribution in [0.2, 0.25) is 0 Å². The molecule has 2 atom stereocenters. The summed E-state index contributed by atoms with van der Waals surface area (Å²) in [5.74, 6) is -1.87. The second-order valence-electron chi connectivity index (χ2n) is 7.13. The highest BCUT2D eigenvalue weighted by Gasteiger charge is 2.21. The van der Waals surface area contributed by atoms with Crippen LogP contribution in [0.1, 0.15) is 23.8 Å². The van der Waals surface area contributed by atoms with E-state index < -0.39 is 30.6 Å². The number of anilines is 1. The molecule has 5 N–H and O–H groups in total. The number of H-pyrrole nitrogens is 1. The Hall–Kier alpha value is -3.69. The normalized spacial score (nSPS) is 12.7. The molecule has 0 aliphatic heterocycles. The van der Waals surface area contributed by atoms with E-state index in [0.29, 0.717) is 22.6 Å². The molecule has 1 heterocycles. The molecule has 3 aromatic rings. The lowest BCUT2D eigenvalue weighted by atomic mass is 10.0. The summed E-state index contributed by atoms with van der Waals surface area (Å²) in [7, 11) is 0. The van der Waals surface area contributed by atoms with Crippen LogP contribution in [0, 0.1) is 6.92 Å². The van der Waals surface area contributed by atoms with Crippen molar-refractivity contribution < 1.29 is 19.8 Å². The first kappa shape index (κ1) is 22.0. The maximum atomic E-state index is 12.3. The van der Waals surface area contributed by atoms with Crippen molar-refractivity contribution in [3.05, 3.63) is 82.5 Å². The van der Waals surface area contributed by atoms with Gasteiger partial charge < -0.3 is 25.8 Å². The number of imidazole rings is 1. The van der Waals surface area contributed by atoms with Crippen LogP contribution in [0.5, 0.6) is 0 Å². The molecule has 2 amide bonds. The average Bonchev–Trinajstić information content (AvgIpc) is 3.11. The number of hydrogen-bond donors (Lipinski definition) is 5. The summed E-state index contributed by atoms with van der Waals surface area (Å²) in [6, 6.07) is 14.5. The van der Waals surface area contributed by atoms with Crippen LogP contribution < -0.4 is 16.3 Å². The van der Waals surface area contributed by atoms with Gasteiger partial charge in [0, 0.05) is 17.6 Å². The van der Waals surface area contributed by atoms with Crippen LogP contribution in [0.25, 0.3) is 5.69 Å². The van der Waals surface area contributed by atoms with Gasteiger partial charge in [-0.2, -0.15) is 0 Å². The summed E-state index contributed by atoms with van der Waals surface area (Å²) in [6.45, 7) is 1.31. The monoisotopic (exact) mass is 424 g/mol. The topological polar surface area (TPSA) is 136 Å². The molecule has 162 valence electrons. The van der Waals surface area contributed by atoms with E-state index in [0.717, 1.165) is 0 Å². The van der Waals surface area contributed by atoms with Gasteiger partial charge in [0.15, 0.2) is 0 Å². The van der Waals surface area contributed by atoms with Crippen LogP contribution in [-0.4, -0.2) is 44.2 Å². The summed E-state index contributed by atoms with van der Waals surface area (Å²) in [4.78, 5) is 39.2. The minimum atomic E-state index is -0.945. The molecule has 0 aliphatic rings. The highest BCUT2D eigenvalue weighted by Crippen LogP contribution is 2.18. The predicted octanol–water partition coefficient (Wildman–Crippen LogP) is 1.01. The number of hydrogen-bond acceptors (Lipinski definition) is 5. The molecule has 0 saturated carbocycles. The number of rotatable bonds is 7. The third-order valence-electron chi connectivity index (χ3n) is 4.68. The number of aliphatic hydroxyl groups excluding tert-OH is 2. The molecule has 0 fully saturated rings. The fraction of sp³-hybridized carbons (Fsp3) is 0.227. The molecule has 2 aromatic carbocycles. The molecule has 0 saturated heterocycles. The lowest BCUT2D eigenvalue weighted by molar-refractivity contribution is -0.137. The SMILES string of the molecule is Cc1cn(-c2cccc(NC(=O)C(=O)NC(CO)CC(O)c3ccccc3)c2)c(=O)[nH]1. The number of aliphatic hydroxyl groups is 2. The number of aryl methyl sites for hydroxylation is 1. The van der Waals surface area contributed by atoms with E-state index in [4.69, 9.17) is 0 Å². The second kappa shape index (κ2) is 9.88. The Morgan fingerprint density at radius 3 is 2.48 bits per heavy atom. The van der Waals surface area contributed by atoms with Gasteiger partial charge in [0.25, 0.3) is 0 Å². The van der Waals surface area contributed by atoms with Gasteiger partial charge in [-0.1, -0.05) is 36.4 Å². The quantitative estimate of drug-likeness (QED) is 0.361. The number of benzene rings is 2. The van der Waals surface area contributed by atoms with E-state index in [1.54, 1.807) is 61.7 Å². The number of amides is 2. The molecule has 0 radical (unpaired) electrons. The van der Waals surface area contributed by atoms with Crippen LogP contribution >= 0.6 is 0 Å². The molecule has 3 rings (SSSR count). The van der Waals surface area contributed by atoms with Crippen molar-refractivity contribution in [2.45, 2.75) is 25.5 Å². The third kappa shape index (κ3) is 5.68. The number of carbonyl (C=O) groups excluding carboxylic acids is 2. The summed E-state index contributed by atoms with van der Waals surface area (Å²) in [6.07, 6.45) is 0.770. The van der Waals surface area contributed by atoms with Gasteiger partial charge in [0.05, 0.1) is 24.4 Å². The molecule has 9 nitrogen and oxygen atoms in total. The summed E-state index contributed by atoms with van der Waals surface area (Å²) < 4.78 is 1.39. The van der Waals surface area contributed by atoms with Crippen molar-refractivity contribution in [1.82, 2.24) is 14.9 Å². The van der Waals surface area contributed by atoms with Crippen molar-refractivity contribution in [1.29, 1.82) is 0 Å². The number of aromatic amines is 1. The van der Waals surface area contributed by atoms with Crippen LogP contribution in [0.15, 0.2) is 65.6 Å². The Kier molecular flexibility index (Phi) is 7.01. The van der Waals surface area contributed by atoms with Crippen molar-refractivity contribution in [3.63, 3.8) is 0 Å². The van der Waals surface area contributed by atoms with Gasteiger partial charge in [-0.15, -0.1) is 0 Å². The first-order valence-electron chi connectivity index (χ1n) is 9.72. The minimum Gasteiger partial charge on any atom is -0.394 e. The third-order valence-corrected chi connectivity index (χ3v) is 4.68. The Morgan fingerprint density at radius 1 is 1.10 bits per heavy atom. The Balaban J connectivity index is 1.62. The molecule has 2 unspecified atom stereocenters. The largest absolute Gasteiger partial charge is 0.394 e. The summed E-state index contributed by atoms with van der Waals surface area (Å²) >= 11 is 0. The van der Waals surface area contributed by atoms with Crippen molar-refractivity contribution in [3.8, 4) is 5.69 Å². The van der Waals surface area contributed by atoms with Crippen molar-refractivity contribution in [2.75, 3.05) is 11.9 Å². The van der Waals surface area contributed by atoms with E-state index in [1.165, 1.54) is 4.57 Å². The Labute approximate surface area is 178 Å². The van der Waals surface area contributed by atoms with Gasteiger partial charge in [0.2, 0.25) is 0 Å². The lowest BCUT2D eigenvalue weighted by Crippen LogP contribution is -2.44. The molecular formula is C22H24N4O5. The molecular weight excluding hydrogens is 400 g/mol. The smallest absolute Gasteiger partial charge is 0.330 e. The molecule has 31 heavy (non-hydrogen) atoms. The van der Waals surface area contributed by atoms with Crippen molar-refractivity contribution in [2.24, 2.45) is 0 Å². The van der Waals surface area contributed by atoms with Gasteiger partial charge in [-0.05, 0) is 37.1 Å². The van der Waals surface area contributed by atoms with Crippen LogP contribution in [-0.2, 0) is 9.59 Å². The first-order chi connectivity index (χ1) is 14.9. The molecule has 0 spiro atoms. The lowest BCUT2D eigenvalue weighted by Gasteiger charge is -2.20. The summed E-state index contributed by atoms with van der Waals surface area (Å²) in [5, 5.41) is 24.7. The molecule has 0 aliphatic carbocycles. The zero-order chi connectivity index (χ0) is 22.4. The van der Waals surface area contributed by atoms with E-state index in [9.17, 15) is 24.6 Å². The fourth-order valence-electron chi connectivity index (χ4n) is 3.14. The molecule has 1 aromatic heterocycles. The average molecular weight is 424 g/mol. The van der Waals surface area contributed by atoms with Gasteiger partial charge in [-0.25, -0.2) is 4.79 Å². The molecule has 9 heteroatoms. The number of nitrogens with zero attached hydrogens (tertiary/aromatic N) is 1. The number of aromatic nitrogens is 2. The van der Waals surface area contributed by atoms with Crippen LogP contribution in [0.3, 0.4) is 0 Å². The zero-order valence-corrected chi connectivity index (χ0v) is 16.9.